The molecule has 8 heteroatoms. The summed E-state index contributed by atoms with van der Waals surface area (Å²) in [4.78, 5) is 12.5. The van der Waals surface area contributed by atoms with E-state index in [0.717, 1.165) is 5.56 Å². The van der Waals surface area contributed by atoms with Crippen LogP contribution >= 0.6 is 0 Å². The van der Waals surface area contributed by atoms with Crippen LogP contribution in [0, 0.1) is 0 Å². The van der Waals surface area contributed by atoms with Crippen LogP contribution in [0.4, 0.5) is 5.69 Å². The topological polar surface area (TPSA) is 117 Å². The van der Waals surface area contributed by atoms with E-state index in [9.17, 15) is 20.1 Å². The van der Waals surface area contributed by atoms with Crippen LogP contribution in [-0.2, 0) is 4.79 Å². The molecule has 1 amide bonds. The first kappa shape index (κ1) is 24.1. The standard InChI is InChI=1S/C26H25NO7/c1-32-22-14-17(15-23(33-2)26(22)34-3)7-10-18-5-4-6-20(29)25(18)27-24(31)12-9-16-8-11-19(28)21(30)13-16/h4-15,28-30H,1-3H3,(H,27,31)/b10-7?,12-9+. The van der Waals surface area contributed by atoms with E-state index < -0.39 is 5.91 Å². The summed E-state index contributed by atoms with van der Waals surface area (Å²) in [7, 11) is 4.58. The minimum absolute atomic E-state index is 0.101. The van der Waals surface area contributed by atoms with Gasteiger partial charge in [0.2, 0.25) is 11.7 Å². The molecule has 3 aromatic rings. The highest BCUT2D eigenvalue weighted by atomic mass is 16.5. The fraction of sp³-hybridized carbons (Fsp3) is 0.115. The van der Waals surface area contributed by atoms with E-state index in [1.54, 1.807) is 42.5 Å². The Balaban J connectivity index is 1.85. The molecule has 0 bridgehead atoms. The van der Waals surface area contributed by atoms with Crippen LogP contribution in [0.5, 0.6) is 34.5 Å². The molecule has 0 atom stereocenters. The zero-order valence-corrected chi connectivity index (χ0v) is 18.9. The molecule has 8 nitrogen and oxygen atoms in total. The van der Waals surface area contributed by atoms with Gasteiger partial charge in [-0.15, -0.1) is 0 Å². The highest BCUT2D eigenvalue weighted by Gasteiger charge is 2.13. The summed E-state index contributed by atoms with van der Waals surface area (Å²) in [5.41, 5.74) is 2.07. The van der Waals surface area contributed by atoms with E-state index in [1.165, 1.54) is 51.7 Å². The van der Waals surface area contributed by atoms with Gasteiger partial charge < -0.3 is 34.8 Å². The van der Waals surface area contributed by atoms with Crippen molar-refractivity contribution in [3.63, 3.8) is 0 Å². The fourth-order valence-electron chi connectivity index (χ4n) is 3.20. The summed E-state index contributed by atoms with van der Waals surface area (Å²) in [6, 6.07) is 12.6. The van der Waals surface area contributed by atoms with Gasteiger partial charge in [-0.25, -0.2) is 0 Å². The monoisotopic (exact) mass is 463 g/mol. The second-order valence-electron chi connectivity index (χ2n) is 7.10. The predicted molar refractivity (Wildman–Crippen MR) is 131 cm³/mol. The quantitative estimate of drug-likeness (QED) is 0.218. The number of phenols is 3. The van der Waals surface area contributed by atoms with E-state index in [1.807, 2.05) is 0 Å². The molecule has 3 rings (SSSR count). The van der Waals surface area contributed by atoms with E-state index in [2.05, 4.69) is 5.32 Å². The molecule has 0 saturated carbocycles. The highest BCUT2D eigenvalue weighted by Crippen LogP contribution is 2.39. The van der Waals surface area contributed by atoms with Crippen molar-refractivity contribution in [3.8, 4) is 34.5 Å². The van der Waals surface area contributed by atoms with Crippen molar-refractivity contribution < 1.29 is 34.3 Å². The molecule has 34 heavy (non-hydrogen) atoms. The highest BCUT2D eigenvalue weighted by molar-refractivity contribution is 6.04. The number of anilines is 1. The third kappa shape index (κ3) is 5.60. The van der Waals surface area contributed by atoms with Crippen LogP contribution in [0.3, 0.4) is 0 Å². The number of amides is 1. The molecule has 0 aliphatic rings. The number of ether oxygens (including phenoxy) is 3. The number of hydrogen-bond donors (Lipinski definition) is 4. The van der Waals surface area contributed by atoms with Crippen molar-refractivity contribution in [2.75, 3.05) is 26.6 Å². The number of para-hydroxylation sites is 1. The molecule has 3 aromatic carbocycles. The maximum atomic E-state index is 12.5. The maximum absolute atomic E-state index is 12.5. The first-order chi connectivity index (χ1) is 16.4. The molecule has 176 valence electrons. The fourth-order valence-corrected chi connectivity index (χ4v) is 3.20. The molecule has 0 fully saturated rings. The Hall–Kier alpha value is -4.59. The molecule has 0 spiro atoms. The smallest absolute Gasteiger partial charge is 0.248 e. The van der Waals surface area contributed by atoms with Gasteiger partial charge in [-0.3, -0.25) is 4.79 Å². The normalized spacial score (nSPS) is 11.0. The lowest BCUT2D eigenvalue weighted by atomic mass is 10.1. The summed E-state index contributed by atoms with van der Waals surface area (Å²) >= 11 is 0. The molecule has 0 unspecified atom stereocenters. The van der Waals surface area contributed by atoms with Crippen molar-refractivity contribution in [3.05, 3.63) is 71.3 Å². The Labute approximate surface area is 197 Å². The molecule has 0 aliphatic heterocycles. The minimum Gasteiger partial charge on any atom is -0.506 e. The van der Waals surface area contributed by atoms with E-state index in [4.69, 9.17) is 14.2 Å². The number of benzene rings is 3. The summed E-state index contributed by atoms with van der Waals surface area (Å²) < 4.78 is 16.1. The number of hydrogen-bond acceptors (Lipinski definition) is 7. The summed E-state index contributed by atoms with van der Waals surface area (Å²) in [6.07, 6.45) is 6.24. The summed E-state index contributed by atoms with van der Waals surface area (Å²) in [6.45, 7) is 0. The third-order valence-corrected chi connectivity index (χ3v) is 4.89. The van der Waals surface area contributed by atoms with Gasteiger partial charge >= 0.3 is 0 Å². The van der Waals surface area contributed by atoms with Gasteiger partial charge in [0.15, 0.2) is 23.0 Å². The lowest BCUT2D eigenvalue weighted by Crippen LogP contribution is -2.09. The van der Waals surface area contributed by atoms with Crippen molar-refractivity contribution in [2.24, 2.45) is 0 Å². The van der Waals surface area contributed by atoms with Gasteiger partial charge in [0.25, 0.3) is 0 Å². The van der Waals surface area contributed by atoms with Crippen molar-refractivity contribution in [2.45, 2.75) is 0 Å². The van der Waals surface area contributed by atoms with Gasteiger partial charge in [-0.1, -0.05) is 30.4 Å². The van der Waals surface area contributed by atoms with Crippen LogP contribution in [0.2, 0.25) is 0 Å². The van der Waals surface area contributed by atoms with E-state index >= 15 is 0 Å². The van der Waals surface area contributed by atoms with Crippen molar-refractivity contribution >= 4 is 29.8 Å². The number of methoxy groups -OCH3 is 3. The van der Waals surface area contributed by atoms with Crippen LogP contribution in [-0.4, -0.2) is 42.6 Å². The molecule has 0 heterocycles. The largest absolute Gasteiger partial charge is 0.506 e. The number of aromatic hydroxyl groups is 3. The second kappa shape index (κ2) is 10.8. The third-order valence-electron chi connectivity index (χ3n) is 4.89. The Kier molecular flexibility index (Phi) is 7.66. The zero-order chi connectivity index (χ0) is 24.7. The summed E-state index contributed by atoms with van der Waals surface area (Å²) in [5, 5.41) is 32.0. The molecular weight excluding hydrogens is 438 g/mol. The summed E-state index contributed by atoms with van der Waals surface area (Å²) in [5.74, 6) is 0.336. The van der Waals surface area contributed by atoms with Crippen molar-refractivity contribution in [1.29, 1.82) is 0 Å². The van der Waals surface area contributed by atoms with Crippen LogP contribution in [0.15, 0.2) is 54.6 Å². The molecule has 0 saturated heterocycles. The first-order valence-electron chi connectivity index (χ1n) is 10.2. The number of rotatable bonds is 8. The Morgan fingerprint density at radius 1 is 0.765 bits per heavy atom. The maximum Gasteiger partial charge on any atom is 0.248 e. The van der Waals surface area contributed by atoms with Gasteiger partial charge in [-0.05, 0) is 47.5 Å². The van der Waals surface area contributed by atoms with Crippen molar-refractivity contribution in [1.82, 2.24) is 0 Å². The molecule has 4 N–H and O–H groups in total. The number of phenolic OH excluding ortho intramolecular Hbond substituents is 3. The Bertz CT molecular complexity index is 1220. The van der Waals surface area contributed by atoms with Crippen LogP contribution < -0.4 is 19.5 Å². The molecule has 0 aromatic heterocycles. The molecule has 0 aliphatic carbocycles. The average Bonchev–Trinajstić information content (AvgIpc) is 2.84. The average molecular weight is 463 g/mol. The molecular formula is C26H25NO7. The predicted octanol–water partition coefficient (Wildman–Crippen LogP) is 4.65. The second-order valence-corrected chi connectivity index (χ2v) is 7.10. The van der Waals surface area contributed by atoms with Gasteiger partial charge in [0.1, 0.15) is 5.75 Å². The van der Waals surface area contributed by atoms with E-state index in [0.29, 0.717) is 28.4 Å². The SMILES string of the molecule is COc1cc(C=Cc2cccc(O)c2NC(=O)/C=C/c2ccc(O)c(O)c2)cc(OC)c1OC. The zero-order valence-electron chi connectivity index (χ0n) is 18.9. The Morgan fingerprint density at radius 2 is 1.47 bits per heavy atom. The van der Waals surface area contributed by atoms with Gasteiger partial charge in [0.05, 0.1) is 27.0 Å². The van der Waals surface area contributed by atoms with E-state index in [-0.39, 0.29) is 22.9 Å². The van der Waals surface area contributed by atoms with Gasteiger partial charge in [0, 0.05) is 11.6 Å². The Morgan fingerprint density at radius 3 is 2.09 bits per heavy atom. The number of carbonyl (C=O) groups is 1. The minimum atomic E-state index is -0.489. The van der Waals surface area contributed by atoms with Gasteiger partial charge in [-0.2, -0.15) is 0 Å². The number of carbonyl (C=O) groups excluding carboxylic acids is 1. The lowest BCUT2D eigenvalue weighted by molar-refractivity contribution is -0.111. The lowest BCUT2D eigenvalue weighted by Gasteiger charge is -2.13. The number of nitrogens with one attached hydrogen (secondary N) is 1. The van der Waals surface area contributed by atoms with Crippen LogP contribution in [0.25, 0.3) is 18.2 Å². The molecule has 0 radical (unpaired) electrons. The van der Waals surface area contributed by atoms with Crippen LogP contribution in [0.1, 0.15) is 16.7 Å². The first-order valence-corrected chi connectivity index (χ1v) is 10.2.